The molecule has 10 heteroatoms. The van der Waals surface area contributed by atoms with E-state index in [1.807, 2.05) is 0 Å². The smallest absolute Gasteiger partial charge is 0.430 e. The van der Waals surface area contributed by atoms with Gasteiger partial charge in [0.05, 0.1) is 17.7 Å². The van der Waals surface area contributed by atoms with Gasteiger partial charge < -0.3 is 14.6 Å². The van der Waals surface area contributed by atoms with Gasteiger partial charge in [-0.3, -0.25) is 0 Å². The number of carboxylic acid groups (broad SMARTS) is 1. The molecule has 1 N–H and O–H groups in total. The first-order valence-corrected chi connectivity index (χ1v) is 6.65. The Labute approximate surface area is 137 Å². The van der Waals surface area contributed by atoms with E-state index in [9.17, 15) is 18.0 Å². The molecular formula is C12H6Cl3F3O4. The Bertz CT molecular complexity index is 685. The van der Waals surface area contributed by atoms with E-state index in [0.717, 1.165) is 6.08 Å². The zero-order valence-corrected chi connectivity index (χ0v) is 12.9. The minimum absolute atomic E-state index is 0.0952. The molecule has 120 valence electrons. The lowest BCUT2D eigenvalue weighted by molar-refractivity contribution is -0.187. The zero-order chi connectivity index (χ0) is 16.8. The van der Waals surface area contributed by atoms with Gasteiger partial charge in [0.2, 0.25) is 6.10 Å². The second-order valence-corrected chi connectivity index (χ2v) is 5.30. The average Bonchev–Trinajstić information content (AvgIpc) is 2.43. The summed E-state index contributed by atoms with van der Waals surface area (Å²) in [7, 11) is 1.22. The molecule has 0 aliphatic carbocycles. The molecule has 0 spiro atoms. The van der Waals surface area contributed by atoms with Crippen molar-refractivity contribution in [1.29, 1.82) is 0 Å². The van der Waals surface area contributed by atoms with E-state index in [2.05, 4.69) is 0 Å². The van der Waals surface area contributed by atoms with E-state index in [-0.39, 0.29) is 26.4 Å². The van der Waals surface area contributed by atoms with Crippen LogP contribution in [-0.2, 0) is 4.79 Å². The number of hydrogen-bond acceptors (Lipinski definition) is 3. The van der Waals surface area contributed by atoms with Gasteiger partial charge in [-0.25, -0.2) is 4.79 Å². The van der Waals surface area contributed by atoms with E-state index in [1.54, 1.807) is 0 Å². The van der Waals surface area contributed by atoms with Crippen LogP contribution in [0.25, 0.3) is 6.08 Å². The molecule has 1 unspecified atom stereocenters. The Morgan fingerprint density at radius 3 is 2.32 bits per heavy atom. The first-order valence-electron chi connectivity index (χ1n) is 5.52. The van der Waals surface area contributed by atoms with Crippen molar-refractivity contribution < 1.29 is 32.5 Å². The predicted molar refractivity (Wildman–Crippen MR) is 74.1 cm³/mol. The number of benzene rings is 1. The molecule has 0 saturated carbocycles. The van der Waals surface area contributed by atoms with E-state index < -0.39 is 29.6 Å². The quantitative estimate of drug-likeness (QED) is 0.774. The highest BCUT2D eigenvalue weighted by atomic mass is 35.5. The number of alkyl halides is 3. The number of rotatable bonds is 2. The number of hydrogen-bond donors (Lipinski definition) is 1. The highest BCUT2D eigenvalue weighted by molar-refractivity contribution is 6.46. The molecule has 22 heavy (non-hydrogen) atoms. The Kier molecular flexibility index (Phi) is 4.43. The van der Waals surface area contributed by atoms with Crippen molar-refractivity contribution in [3.8, 4) is 11.5 Å². The maximum Gasteiger partial charge on any atom is 0.430 e. The first-order chi connectivity index (χ1) is 10.1. The molecule has 4 nitrogen and oxygen atoms in total. The van der Waals surface area contributed by atoms with Crippen LogP contribution >= 0.6 is 34.8 Å². The fourth-order valence-corrected chi connectivity index (χ4v) is 2.74. The average molecular weight is 378 g/mol. The summed E-state index contributed by atoms with van der Waals surface area (Å²) in [5.74, 6) is -2.35. The van der Waals surface area contributed by atoms with Crippen LogP contribution in [0.5, 0.6) is 11.5 Å². The second-order valence-electron chi connectivity index (χ2n) is 4.16. The number of halogens is 6. The summed E-state index contributed by atoms with van der Waals surface area (Å²) in [5, 5.41) is 8.17. The zero-order valence-electron chi connectivity index (χ0n) is 10.6. The molecule has 2 rings (SSSR count). The monoisotopic (exact) mass is 376 g/mol. The maximum absolute atomic E-state index is 13.0. The minimum Gasteiger partial charge on any atom is -0.494 e. The highest BCUT2D eigenvalue weighted by Gasteiger charge is 2.49. The molecule has 0 bridgehead atoms. The third-order valence-corrected chi connectivity index (χ3v) is 4.03. The Morgan fingerprint density at radius 1 is 1.27 bits per heavy atom. The summed E-state index contributed by atoms with van der Waals surface area (Å²) in [4.78, 5) is 11.1. The SMILES string of the molecule is COc1c(Cl)c(Cl)c2c(c1Cl)C=C(C(=O)O)C(C(F)(F)F)O2. The van der Waals surface area contributed by atoms with Gasteiger partial charge in [-0.15, -0.1) is 0 Å². The van der Waals surface area contributed by atoms with E-state index >= 15 is 0 Å². The molecule has 1 atom stereocenters. The van der Waals surface area contributed by atoms with Crippen molar-refractivity contribution in [2.24, 2.45) is 0 Å². The summed E-state index contributed by atoms with van der Waals surface area (Å²) < 4.78 is 48.5. The molecule has 1 aromatic rings. The van der Waals surface area contributed by atoms with Gasteiger partial charge in [-0.2, -0.15) is 13.2 Å². The van der Waals surface area contributed by atoms with Crippen LogP contribution in [0.1, 0.15) is 5.56 Å². The Balaban J connectivity index is 2.76. The Morgan fingerprint density at radius 2 is 1.86 bits per heavy atom. The summed E-state index contributed by atoms with van der Waals surface area (Å²) in [6.45, 7) is 0. The fourth-order valence-electron chi connectivity index (χ4n) is 1.89. The molecular weight excluding hydrogens is 371 g/mol. The van der Waals surface area contributed by atoms with Gasteiger partial charge >= 0.3 is 12.1 Å². The van der Waals surface area contributed by atoms with Gasteiger partial charge in [0.25, 0.3) is 0 Å². The van der Waals surface area contributed by atoms with Gasteiger partial charge in [0.15, 0.2) is 5.75 Å². The number of methoxy groups -OCH3 is 1. The predicted octanol–water partition coefficient (Wildman–Crippen LogP) is 4.45. The van der Waals surface area contributed by atoms with Gasteiger partial charge in [-0.1, -0.05) is 34.8 Å². The van der Waals surface area contributed by atoms with Crippen molar-refractivity contribution in [1.82, 2.24) is 0 Å². The minimum atomic E-state index is -4.95. The number of carbonyl (C=O) groups is 1. The lowest BCUT2D eigenvalue weighted by Gasteiger charge is -2.28. The van der Waals surface area contributed by atoms with Crippen LogP contribution in [0.3, 0.4) is 0 Å². The number of aliphatic carboxylic acids is 1. The second kappa shape index (κ2) is 5.72. The number of ether oxygens (including phenoxy) is 2. The molecule has 1 aromatic carbocycles. The standard InChI is InChI=1S/C12H6Cl3F3O4/c1-21-9-5(13)3-2-4(11(19)20)10(12(16,17)18)22-8(3)6(14)7(9)15/h2,10H,1H3,(H,19,20). The van der Waals surface area contributed by atoms with Gasteiger partial charge in [0.1, 0.15) is 15.8 Å². The van der Waals surface area contributed by atoms with Crippen molar-refractivity contribution in [2.75, 3.05) is 7.11 Å². The molecule has 0 saturated heterocycles. The molecule has 1 aliphatic rings. The molecule has 0 radical (unpaired) electrons. The summed E-state index contributed by atoms with van der Waals surface area (Å²) in [6, 6.07) is 0. The number of fused-ring (bicyclic) bond motifs is 1. The lowest BCUT2D eigenvalue weighted by atomic mass is 10.0. The van der Waals surface area contributed by atoms with E-state index in [4.69, 9.17) is 49.4 Å². The topological polar surface area (TPSA) is 55.8 Å². The molecule has 0 amide bonds. The van der Waals surface area contributed by atoms with Crippen LogP contribution in [-0.4, -0.2) is 30.5 Å². The summed E-state index contributed by atoms with van der Waals surface area (Å²) >= 11 is 17.7. The third kappa shape index (κ3) is 2.68. The van der Waals surface area contributed by atoms with E-state index in [0.29, 0.717) is 0 Å². The molecule has 1 aliphatic heterocycles. The fraction of sp³-hybridized carbons (Fsp3) is 0.250. The Hall–Kier alpha value is -1.31. The van der Waals surface area contributed by atoms with Crippen LogP contribution in [0.2, 0.25) is 15.1 Å². The summed E-state index contributed by atoms with van der Waals surface area (Å²) in [6.07, 6.45) is -6.90. The largest absolute Gasteiger partial charge is 0.494 e. The molecule has 0 aromatic heterocycles. The lowest BCUT2D eigenvalue weighted by Crippen LogP contribution is -2.40. The van der Waals surface area contributed by atoms with Gasteiger partial charge in [0, 0.05) is 5.56 Å². The molecule has 1 heterocycles. The van der Waals surface area contributed by atoms with Gasteiger partial charge in [-0.05, 0) is 6.08 Å². The van der Waals surface area contributed by atoms with Crippen LogP contribution in [0.15, 0.2) is 5.57 Å². The molecule has 0 fully saturated rings. The number of carboxylic acids is 1. The third-order valence-electron chi connectivity index (χ3n) is 2.84. The first kappa shape index (κ1) is 17.1. The van der Waals surface area contributed by atoms with Crippen molar-refractivity contribution in [3.63, 3.8) is 0 Å². The maximum atomic E-state index is 13.0. The highest BCUT2D eigenvalue weighted by Crippen LogP contribution is 2.51. The van der Waals surface area contributed by atoms with Crippen LogP contribution in [0.4, 0.5) is 13.2 Å². The van der Waals surface area contributed by atoms with E-state index in [1.165, 1.54) is 7.11 Å². The van der Waals surface area contributed by atoms with Crippen molar-refractivity contribution in [3.05, 3.63) is 26.2 Å². The van der Waals surface area contributed by atoms with Crippen molar-refractivity contribution in [2.45, 2.75) is 12.3 Å². The van der Waals surface area contributed by atoms with Crippen molar-refractivity contribution >= 4 is 46.8 Å². The normalized spacial score (nSPS) is 17.4. The summed E-state index contributed by atoms with van der Waals surface area (Å²) in [5.41, 5.74) is -1.17. The van der Waals surface area contributed by atoms with Crippen LogP contribution < -0.4 is 9.47 Å². The van der Waals surface area contributed by atoms with Crippen LogP contribution in [0, 0.1) is 0 Å².